The Morgan fingerprint density at radius 1 is 1.04 bits per heavy atom. The zero-order valence-corrected chi connectivity index (χ0v) is 32.3. The number of para-hydroxylation sites is 1. The van der Waals surface area contributed by atoms with E-state index in [-0.39, 0.29) is 40.0 Å². The molecule has 2 aliphatic heterocycles. The Hall–Kier alpha value is -5.15. The molecule has 2 N–H and O–H groups in total. The van der Waals surface area contributed by atoms with E-state index in [4.69, 9.17) is 18.9 Å². The molecule has 2 heterocycles. The van der Waals surface area contributed by atoms with Crippen LogP contribution in [0.25, 0.3) is 0 Å². The maximum absolute atomic E-state index is 14.3. The summed E-state index contributed by atoms with van der Waals surface area (Å²) in [6.07, 6.45) is -0.195. The van der Waals surface area contributed by atoms with Gasteiger partial charge in [-0.25, -0.2) is 23.1 Å². The number of hydrogen-bond donors (Lipinski definition) is 2. The molecule has 0 aliphatic carbocycles. The van der Waals surface area contributed by atoms with Crippen LogP contribution < -0.4 is 20.1 Å². The minimum Gasteiger partial charge on any atom is -0.495 e. The van der Waals surface area contributed by atoms with Gasteiger partial charge in [0.2, 0.25) is 6.29 Å². The highest BCUT2D eigenvalue weighted by molar-refractivity contribution is 7.90. The molecule has 14 nitrogen and oxygen atoms in total. The number of methoxy groups -OCH3 is 1. The summed E-state index contributed by atoms with van der Waals surface area (Å²) in [5.41, 5.74) is 1.25. The van der Waals surface area contributed by atoms with E-state index < -0.39 is 45.9 Å². The fraction of sp³-hybridized carbons (Fsp3) is 0.421. The third-order valence-corrected chi connectivity index (χ3v) is 11.2. The van der Waals surface area contributed by atoms with E-state index in [0.29, 0.717) is 17.0 Å². The Balaban J connectivity index is 1.40. The van der Waals surface area contributed by atoms with Gasteiger partial charge in [-0.05, 0) is 69.0 Å². The first-order valence-electron chi connectivity index (χ1n) is 17.3. The average molecular weight is 750 g/mol. The lowest BCUT2D eigenvalue weighted by atomic mass is 9.81. The predicted octanol–water partition coefficient (Wildman–Crippen LogP) is 6.32. The molecule has 2 atom stereocenters. The number of nitrogens with zero attached hydrogens (tertiary/aromatic N) is 3. The van der Waals surface area contributed by atoms with Crippen LogP contribution in [0.15, 0.2) is 70.6 Å². The van der Waals surface area contributed by atoms with Crippen LogP contribution in [0.2, 0.25) is 0 Å². The maximum atomic E-state index is 14.3. The summed E-state index contributed by atoms with van der Waals surface area (Å²) in [5.74, 6) is -1.17. The Morgan fingerprint density at radius 2 is 1.74 bits per heavy atom. The third-order valence-electron chi connectivity index (χ3n) is 9.43. The standard InChI is InChI=1S/C38H47N5O9S/c1-10-31(51-28-18-16-23(3)20-25(28)37(4,5)11-2)50-22-39-24-17-19-29(49-9)27(21-24)41-34(44)32(43-35(45)38(6,7)52-36(43)46)33-40-26-14-12-13-15-30(26)53(47,48)42(33)8/h12-21,31-32,39H,10-11,22H2,1-9H3,(H,41,44). The summed E-state index contributed by atoms with van der Waals surface area (Å²) >= 11 is 0. The molecule has 5 rings (SSSR count). The molecule has 3 amide bonds. The Kier molecular flexibility index (Phi) is 11.1. The van der Waals surface area contributed by atoms with Gasteiger partial charge in [0.25, 0.3) is 21.8 Å². The molecule has 1 fully saturated rings. The largest absolute Gasteiger partial charge is 0.495 e. The van der Waals surface area contributed by atoms with Crippen molar-refractivity contribution in [3.05, 3.63) is 71.8 Å². The summed E-state index contributed by atoms with van der Waals surface area (Å²) in [5, 5.41) is 5.88. The van der Waals surface area contributed by atoms with Crippen molar-refractivity contribution in [1.82, 2.24) is 9.21 Å². The van der Waals surface area contributed by atoms with Crippen molar-refractivity contribution in [3.63, 3.8) is 0 Å². The second kappa shape index (κ2) is 15.1. The molecule has 0 bridgehead atoms. The Labute approximate surface area is 310 Å². The minimum absolute atomic E-state index is 0.0429. The molecule has 0 aromatic heterocycles. The fourth-order valence-corrected chi connectivity index (χ4v) is 7.21. The van der Waals surface area contributed by atoms with Gasteiger partial charge in [0, 0.05) is 24.7 Å². The Bertz CT molecular complexity index is 2050. The van der Waals surface area contributed by atoms with Crippen LogP contribution in [-0.4, -0.2) is 80.2 Å². The summed E-state index contributed by atoms with van der Waals surface area (Å²) in [7, 11) is -1.60. The first-order valence-corrected chi connectivity index (χ1v) is 18.7. The summed E-state index contributed by atoms with van der Waals surface area (Å²) < 4.78 is 51.1. The number of benzene rings is 3. The van der Waals surface area contributed by atoms with Gasteiger partial charge in [-0.2, -0.15) is 0 Å². The monoisotopic (exact) mass is 749 g/mol. The predicted molar refractivity (Wildman–Crippen MR) is 200 cm³/mol. The molecule has 0 saturated carbocycles. The number of anilines is 2. The van der Waals surface area contributed by atoms with Crippen molar-refractivity contribution >= 4 is 50.8 Å². The number of likely N-dealkylation sites (N-methyl/N-ethyl adjacent to an activating group) is 1. The van der Waals surface area contributed by atoms with Gasteiger partial charge in [-0.3, -0.25) is 13.9 Å². The number of amides is 3. The molecule has 1 saturated heterocycles. The van der Waals surface area contributed by atoms with Crippen LogP contribution in [0, 0.1) is 6.92 Å². The van der Waals surface area contributed by atoms with E-state index in [1.54, 1.807) is 30.3 Å². The van der Waals surface area contributed by atoms with Crippen molar-refractivity contribution in [2.24, 2.45) is 4.99 Å². The summed E-state index contributed by atoms with van der Waals surface area (Å²) in [6, 6.07) is 15.1. The number of fused-ring (bicyclic) bond motifs is 1. The van der Waals surface area contributed by atoms with Crippen LogP contribution in [0.5, 0.6) is 11.5 Å². The maximum Gasteiger partial charge on any atom is 0.418 e. The van der Waals surface area contributed by atoms with Crippen LogP contribution in [-0.2, 0) is 34.5 Å². The highest BCUT2D eigenvalue weighted by atomic mass is 32.2. The first kappa shape index (κ1) is 39.1. The SMILES string of the molecule is CCC(OCNc1ccc(OC)c(NC(=O)C(C2=Nc3ccccc3S(=O)(=O)N2C)N2C(=O)OC(C)(C)C2=O)c1)Oc1ccc(C)cc1C(C)(C)CC. The highest BCUT2D eigenvalue weighted by Crippen LogP contribution is 2.37. The van der Waals surface area contributed by atoms with E-state index in [0.717, 1.165) is 27.6 Å². The van der Waals surface area contributed by atoms with Gasteiger partial charge in [0.1, 0.15) is 23.1 Å². The highest BCUT2D eigenvalue weighted by Gasteiger charge is 2.55. The number of aryl methyl sites for hydroxylation is 1. The van der Waals surface area contributed by atoms with Gasteiger partial charge in [-0.15, -0.1) is 0 Å². The van der Waals surface area contributed by atoms with Crippen LogP contribution in [0.1, 0.15) is 65.5 Å². The van der Waals surface area contributed by atoms with E-state index in [1.165, 1.54) is 40.1 Å². The van der Waals surface area contributed by atoms with Crippen LogP contribution in [0.4, 0.5) is 21.9 Å². The molecule has 53 heavy (non-hydrogen) atoms. The lowest BCUT2D eigenvalue weighted by Gasteiger charge is -2.33. The van der Waals surface area contributed by atoms with E-state index >= 15 is 0 Å². The smallest absolute Gasteiger partial charge is 0.418 e. The first-order chi connectivity index (χ1) is 24.9. The van der Waals surface area contributed by atoms with Crippen molar-refractivity contribution in [1.29, 1.82) is 0 Å². The second-order valence-electron chi connectivity index (χ2n) is 14.0. The molecule has 0 radical (unpaired) electrons. The normalized spacial score (nSPS) is 17.3. The molecular formula is C38H47N5O9S. The number of imide groups is 1. The lowest BCUT2D eigenvalue weighted by Crippen LogP contribution is -2.58. The number of carbonyl (C=O) groups is 3. The number of sulfonamides is 1. The lowest BCUT2D eigenvalue weighted by molar-refractivity contribution is -0.137. The number of amidine groups is 1. The number of carbonyl (C=O) groups excluding carboxylic acids is 3. The molecule has 15 heteroatoms. The molecule has 0 spiro atoms. The van der Waals surface area contributed by atoms with Gasteiger partial charge in [0.05, 0.1) is 18.5 Å². The number of ether oxygens (including phenoxy) is 4. The number of aliphatic imine (C=N–C) groups is 1. The number of rotatable bonds is 14. The quantitative estimate of drug-likeness (QED) is 0.178. The minimum atomic E-state index is -4.21. The van der Waals surface area contributed by atoms with E-state index in [1.807, 2.05) is 19.1 Å². The zero-order valence-electron chi connectivity index (χ0n) is 31.5. The number of nitrogens with one attached hydrogen (secondary N) is 2. The molecule has 3 aromatic carbocycles. The topological polar surface area (TPSA) is 165 Å². The van der Waals surface area contributed by atoms with Gasteiger partial charge in [-0.1, -0.05) is 57.5 Å². The second-order valence-corrected chi connectivity index (χ2v) is 15.9. The van der Waals surface area contributed by atoms with Crippen molar-refractivity contribution in [2.75, 3.05) is 31.5 Å². The zero-order chi connectivity index (χ0) is 38.9. The molecule has 2 unspecified atom stereocenters. The Morgan fingerprint density at radius 3 is 2.38 bits per heavy atom. The molecular weight excluding hydrogens is 703 g/mol. The summed E-state index contributed by atoms with van der Waals surface area (Å²) in [4.78, 5) is 45.9. The molecule has 3 aromatic rings. The summed E-state index contributed by atoms with van der Waals surface area (Å²) in [6.45, 7) is 13.3. The van der Waals surface area contributed by atoms with Crippen LogP contribution >= 0.6 is 0 Å². The van der Waals surface area contributed by atoms with Gasteiger partial charge < -0.3 is 29.6 Å². The number of cyclic esters (lactones) is 1. The van der Waals surface area contributed by atoms with Gasteiger partial charge in [0.15, 0.2) is 17.5 Å². The van der Waals surface area contributed by atoms with E-state index in [9.17, 15) is 22.8 Å². The number of hydrogen-bond acceptors (Lipinski definition) is 11. The van der Waals surface area contributed by atoms with Crippen molar-refractivity contribution in [2.45, 2.75) is 89.6 Å². The van der Waals surface area contributed by atoms with Crippen LogP contribution in [0.3, 0.4) is 0 Å². The van der Waals surface area contributed by atoms with Gasteiger partial charge >= 0.3 is 6.09 Å². The van der Waals surface area contributed by atoms with Crippen molar-refractivity contribution in [3.8, 4) is 11.5 Å². The molecule has 2 aliphatic rings. The third kappa shape index (κ3) is 7.81. The molecule has 284 valence electrons. The fourth-order valence-electron chi connectivity index (χ4n) is 5.90. The van der Waals surface area contributed by atoms with E-state index in [2.05, 4.69) is 49.4 Å². The average Bonchev–Trinajstić information content (AvgIpc) is 3.32. The van der Waals surface area contributed by atoms with Crippen molar-refractivity contribution < 1.29 is 41.7 Å².